The highest BCUT2D eigenvalue weighted by atomic mass is 31.1. The van der Waals surface area contributed by atoms with Gasteiger partial charge in [-0.1, -0.05) is 74.4 Å². The molecular formula is C26H50N4O4P+. The normalized spacial score (nSPS) is 13.4. The van der Waals surface area contributed by atoms with E-state index in [2.05, 4.69) is 79.9 Å². The van der Waals surface area contributed by atoms with Crippen LogP contribution in [0.5, 0.6) is 0 Å². The molecule has 0 aliphatic rings. The van der Waals surface area contributed by atoms with Crippen molar-refractivity contribution in [3.63, 3.8) is 0 Å². The Labute approximate surface area is 214 Å². The van der Waals surface area contributed by atoms with Gasteiger partial charge in [-0.25, -0.2) is 0 Å². The summed E-state index contributed by atoms with van der Waals surface area (Å²) in [6, 6.07) is 1.96. The van der Waals surface area contributed by atoms with Gasteiger partial charge in [-0.2, -0.15) is 5.26 Å². The van der Waals surface area contributed by atoms with Gasteiger partial charge in [-0.15, -0.1) is 9.05 Å². The lowest BCUT2D eigenvalue weighted by molar-refractivity contribution is -0.123. The number of rotatable bonds is 15. The first-order chi connectivity index (χ1) is 15.7. The Kier molecular flexibility index (Phi) is 13.6. The second kappa shape index (κ2) is 14.3. The average Bonchev–Trinajstić information content (AvgIpc) is 2.59. The van der Waals surface area contributed by atoms with Crippen molar-refractivity contribution in [1.82, 2.24) is 10.6 Å². The summed E-state index contributed by atoms with van der Waals surface area (Å²) in [7, 11) is -1.99. The van der Waals surface area contributed by atoms with Crippen molar-refractivity contribution in [2.75, 3.05) is 19.7 Å². The van der Waals surface area contributed by atoms with Gasteiger partial charge in [0.2, 0.25) is 11.8 Å². The maximum absolute atomic E-state index is 12.6. The molecule has 8 nitrogen and oxygen atoms in total. The van der Waals surface area contributed by atoms with Crippen molar-refractivity contribution >= 4 is 20.0 Å². The topological polar surface area (TPSA) is 124 Å². The third-order valence-corrected chi connectivity index (χ3v) is 5.92. The summed E-state index contributed by atoms with van der Waals surface area (Å²) >= 11 is 0. The minimum Gasteiger partial charge on any atom is -0.353 e. The van der Waals surface area contributed by atoms with Crippen molar-refractivity contribution in [2.45, 2.75) is 107 Å². The van der Waals surface area contributed by atoms with Gasteiger partial charge in [-0.05, 0) is 34.5 Å². The zero-order valence-electron chi connectivity index (χ0n) is 23.8. The molecule has 0 saturated carbocycles. The van der Waals surface area contributed by atoms with E-state index < -0.39 is 14.3 Å². The summed E-state index contributed by atoms with van der Waals surface area (Å²) in [5.41, 5.74) is -0.0907. The van der Waals surface area contributed by atoms with Crippen LogP contribution in [0.2, 0.25) is 0 Å². The van der Waals surface area contributed by atoms with Gasteiger partial charge in [0, 0.05) is 12.8 Å². The molecule has 0 bridgehead atoms. The quantitative estimate of drug-likeness (QED) is 0.175. The first-order valence-corrected chi connectivity index (χ1v) is 13.6. The summed E-state index contributed by atoms with van der Waals surface area (Å²) in [4.78, 5) is 25.3. The number of hydrogen-bond acceptors (Lipinski definition) is 6. The van der Waals surface area contributed by atoms with Gasteiger partial charge in [0.25, 0.3) is 0 Å². The lowest BCUT2D eigenvalue weighted by Gasteiger charge is -2.32. The number of carbonyl (C=O) groups excluding carboxylic acids is 2. The highest BCUT2D eigenvalue weighted by Crippen LogP contribution is 2.36. The molecule has 35 heavy (non-hydrogen) atoms. The molecule has 202 valence electrons. The second-order valence-corrected chi connectivity index (χ2v) is 14.5. The first kappa shape index (κ1) is 33.4. The molecule has 0 heterocycles. The zero-order valence-corrected chi connectivity index (χ0v) is 24.7. The molecule has 3 N–H and O–H groups in total. The van der Waals surface area contributed by atoms with E-state index >= 15 is 0 Å². The number of amides is 2. The smallest absolute Gasteiger partial charge is 0.353 e. The zero-order chi connectivity index (χ0) is 27.5. The molecule has 0 aromatic heterocycles. The molecule has 0 aliphatic carbocycles. The van der Waals surface area contributed by atoms with Crippen molar-refractivity contribution < 1.29 is 18.6 Å². The fourth-order valence-electron chi connectivity index (χ4n) is 4.93. The van der Waals surface area contributed by atoms with E-state index in [0.717, 1.165) is 12.8 Å². The van der Waals surface area contributed by atoms with Crippen molar-refractivity contribution in [2.24, 2.45) is 21.7 Å². The fourth-order valence-corrected chi connectivity index (χ4v) is 5.67. The molecule has 0 aromatic carbocycles. The van der Waals surface area contributed by atoms with E-state index in [-0.39, 0.29) is 59.6 Å². The molecule has 1 unspecified atom stereocenters. The summed E-state index contributed by atoms with van der Waals surface area (Å²) in [5.74, 6) is -0.185. The number of nitriles is 1. The van der Waals surface area contributed by atoms with Gasteiger partial charge >= 0.3 is 8.17 Å². The molecule has 0 saturated heterocycles. The molecule has 0 fully saturated rings. The summed E-state index contributed by atoms with van der Waals surface area (Å²) in [6.45, 7) is 21.7. The maximum Gasteiger partial charge on any atom is 0.556 e. The standard InChI is InChI=1S/C26H49N4O4P/c1-23(2,3)18-25(7,8)14-21(31)29-16-20(34-35(28)33-13-11-12-27)17-30-22(32)15-26(9,10)19-24(4,5)6/h20,28H,11,13-19H2,1-10H3,(H-,29,30,31,32)/p+1. The van der Waals surface area contributed by atoms with Crippen LogP contribution in [0.25, 0.3) is 0 Å². The van der Waals surface area contributed by atoms with Crippen molar-refractivity contribution in [3.8, 4) is 6.07 Å². The van der Waals surface area contributed by atoms with Gasteiger partial charge in [0.1, 0.15) is 12.7 Å². The van der Waals surface area contributed by atoms with Crippen LogP contribution in [-0.4, -0.2) is 37.6 Å². The number of hydrogen-bond donors (Lipinski definition) is 3. The molecule has 9 heteroatoms. The van der Waals surface area contributed by atoms with Crippen molar-refractivity contribution in [3.05, 3.63) is 0 Å². The molecule has 1 atom stereocenters. The Morgan fingerprint density at radius 1 is 0.857 bits per heavy atom. The van der Waals surface area contributed by atoms with Crippen LogP contribution < -0.4 is 10.6 Å². The second-order valence-electron chi connectivity index (χ2n) is 13.5. The van der Waals surface area contributed by atoms with E-state index in [1.807, 2.05) is 6.07 Å². The minimum absolute atomic E-state index is 0.0924. The number of nitrogens with one attached hydrogen (secondary N) is 3. The molecule has 0 rings (SSSR count). The van der Waals surface area contributed by atoms with Crippen LogP contribution in [-0.2, 0) is 18.6 Å². The monoisotopic (exact) mass is 513 g/mol. The van der Waals surface area contributed by atoms with Gasteiger partial charge in [0.05, 0.1) is 25.6 Å². The Bertz CT molecular complexity index is 700. The number of nitrogens with zero attached hydrogens (tertiary/aromatic N) is 1. The number of carbonyl (C=O) groups is 2. The maximum atomic E-state index is 12.6. The largest absolute Gasteiger partial charge is 0.556 e. The Morgan fingerprint density at radius 2 is 1.26 bits per heavy atom. The Balaban J connectivity index is 5.02. The summed E-state index contributed by atoms with van der Waals surface area (Å²) in [6.07, 6.45) is 2.12. The predicted molar refractivity (Wildman–Crippen MR) is 142 cm³/mol. The van der Waals surface area contributed by atoms with E-state index in [0.29, 0.717) is 12.8 Å². The SMILES string of the molecule is CC(C)(C)CC(C)(C)CC(=O)NCC(CNC(=O)CC(C)(C)CC(C)(C)C)O[P+](=N)OCCC#N. The van der Waals surface area contributed by atoms with E-state index in [9.17, 15) is 9.59 Å². The van der Waals surface area contributed by atoms with Gasteiger partial charge < -0.3 is 10.6 Å². The van der Waals surface area contributed by atoms with Crippen LogP contribution in [0.4, 0.5) is 0 Å². The summed E-state index contributed by atoms with van der Waals surface area (Å²) < 4.78 is 10.9. The third-order valence-electron chi connectivity index (χ3n) is 5.02. The van der Waals surface area contributed by atoms with Gasteiger partial charge in [0.15, 0.2) is 0 Å². The Morgan fingerprint density at radius 3 is 1.60 bits per heavy atom. The van der Waals surface area contributed by atoms with E-state index in [4.69, 9.17) is 19.5 Å². The van der Waals surface area contributed by atoms with E-state index in [1.54, 1.807) is 0 Å². The first-order valence-electron chi connectivity index (χ1n) is 12.5. The highest BCUT2D eigenvalue weighted by molar-refractivity contribution is 7.34. The van der Waals surface area contributed by atoms with Crippen LogP contribution >= 0.6 is 8.17 Å². The van der Waals surface area contributed by atoms with Crippen LogP contribution in [0, 0.1) is 38.2 Å². The van der Waals surface area contributed by atoms with Crippen molar-refractivity contribution in [1.29, 1.82) is 10.4 Å². The lowest BCUT2D eigenvalue weighted by Crippen LogP contribution is -2.42. The molecular weight excluding hydrogens is 463 g/mol. The highest BCUT2D eigenvalue weighted by Gasteiger charge is 2.31. The molecule has 0 aromatic rings. The summed E-state index contributed by atoms with van der Waals surface area (Å²) in [5, 5.41) is 22.5. The van der Waals surface area contributed by atoms with Crippen LogP contribution in [0.15, 0.2) is 0 Å². The van der Waals surface area contributed by atoms with Gasteiger partial charge in [-0.3, -0.25) is 9.59 Å². The fraction of sp³-hybridized carbons (Fsp3) is 0.885. The lowest BCUT2D eigenvalue weighted by atomic mass is 9.74. The molecule has 0 spiro atoms. The molecule has 0 aliphatic heterocycles. The van der Waals surface area contributed by atoms with Crippen LogP contribution in [0.3, 0.4) is 0 Å². The molecule has 0 radical (unpaired) electrons. The third kappa shape index (κ3) is 19.3. The van der Waals surface area contributed by atoms with Crippen LogP contribution in [0.1, 0.15) is 101 Å². The Hall–Kier alpha value is -1.55. The predicted octanol–water partition coefficient (Wildman–Crippen LogP) is 6.31. The minimum atomic E-state index is -1.99. The average molecular weight is 514 g/mol. The molecule has 2 amide bonds. The van der Waals surface area contributed by atoms with E-state index in [1.165, 1.54) is 0 Å².